The van der Waals surface area contributed by atoms with Crippen molar-refractivity contribution in [3.8, 4) is 5.75 Å². The third-order valence-electron chi connectivity index (χ3n) is 4.71. The summed E-state index contributed by atoms with van der Waals surface area (Å²) in [5.41, 5.74) is 0.686. The van der Waals surface area contributed by atoms with E-state index in [0.29, 0.717) is 17.9 Å². The zero-order valence-corrected chi connectivity index (χ0v) is 14.0. The number of amides is 1. The maximum atomic E-state index is 12.1. The number of benzene rings is 1. The molecule has 0 radical (unpaired) electrons. The first kappa shape index (κ1) is 17.8. The Hall–Kier alpha value is -1.59. The Morgan fingerprint density at radius 1 is 1.30 bits per heavy atom. The third kappa shape index (κ3) is 5.52. The molecule has 1 fully saturated rings. The van der Waals surface area contributed by atoms with Crippen LogP contribution in [0.15, 0.2) is 24.3 Å². The molecule has 1 aromatic carbocycles. The van der Waals surface area contributed by atoms with E-state index in [9.17, 15) is 15.0 Å². The fourth-order valence-electron chi connectivity index (χ4n) is 3.05. The second-order valence-corrected chi connectivity index (χ2v) is 6.68. The van der Waals surface area contributed by atoms with Gasteiger partial charge in [-0.3, -0.25) is 4.79 Å². The molecule has 1 saturated heterocycles. The molecular weight excluding hydrogens is 292 g/mol. The number of phenolic OH excluding ortho intramolecular Hbond substituents is 1. The average molecular weight is 320 g/mol. The van der Waals surface area contributed by atoms with Gasteiger partial charge in [0.1, 0.15) is 5.75 Å². The summed E-state index contributed by atoms with van der Waals surface area (Å²) in [6.07, 6.45) is 2.98. The number of nitrogens with zero attached hydrogens (tertiary/aromatic N) is 1. The number of nitrogens with one attached hydrogen (secondary N) is 1. The number of hydrogen-bond acceptors (Lipinski definition) is 4. The molecule has 23 heavy (non-hydrogen) atoms. The highest BCUT2D eigenvalue weighted by Crippen LogP contribution is 2.22. The molecule has 1 aliphatic heterocycles. The van der Waals surface area contributed by atoms with Crippen LogP contribution in [0.25, 0.3) is 0 Å². The summed E-state index contributed by atoms with van der Waals surface area (Å²) >= 11 is 0. The molecule has 5 heteroatoms. The van der Waals surface area contributed by atoms with Crippen LogP contribution in [-0.2, 0) is 4.79 Å². The van der Waals surface area contributed by atoms with Gasteiger partial charge >= 0.3 is 0 Å². The summed E-state index contributed by atoms with van der Waals surface area (Å²) < 4.78 is 0. The minimum atomic E-state index is -0.775. The lowest BCUT2D eigenvalue weighted by Crippen LogP contribution is -2.37. The second kappa shape index (κ2) is 8.31. The molecule has 2 unspecified atom stereocenters. The van der Waals surface area contributed by atoms with Crippen molar-refractivity contribution < 1.29 is 15.0 Å². The molecule has 5 nitrogen and oxygen atoms in total. The summed E-state index contributed by atoms with van der Waals surface area (Å²) in [5.74, 6) is 0.791. The Balaban J connectivity index is 1.74. The highest BCUT2D eigenvalue weighted by Gasteiger charge is 2.20. The van der Waals surface area contributed by atoms with Gasteiger partial charge in [-0.15, -0.1) is 0 Å². The highest BCUT2D eigenvalue weighted by molar-refractivity contribution is 5.76. The van der Waals surface area contributed by atoms with E-state index < -0.39 is 6.10 Å². The van der Waals surface area contributed by atoms with E-state index in [1.165, 1.54) is 12.1 Å². The van der Waals surface area contributed by atoms with Gasteiger partial charge < -0.3 is 20.4 Å². The predicted octanol–water partition coefficient (Wildman–Crippen LogP) is 2.05. The Kier molecular flexibility index (Phi) is 6.42. The van der Waals surface area contributed by atoms with E-state index in [4.69, 9.17) is 0 Å². The van der Waals surface area contributed by atoms with Gasteiger partial charge in [-0.05, 0) is 69.9 Å². The number of piperidine rings is 1. The number of aromatic hydroxyl groups is 1. The Bertz CT molecular complexity index is 495. The van der Waals surface area contributed by atoms with Crippen LogP contribution in [-0.4, -0.2) is 47.2 Å². The van der Waals surface area contributed by atoms with Crippen LogP contribution >= 0.6 is 0 Å². The van der Waals surface area contributed by atoms with Crippen LogP contribution in [0.2, 0.25) is 0 Å². The highest BCUT2D eigenvalue weighted by atomic mass is 16.3. The topological polar surface area (TPSA) is 72.8 Å². The lowest BCUT2D eigenvalue weighted by Gasteiger charge is -2.29. The van der Waals surface area contributed by atoms with Crippen LogP contribution in [0.3, 0.4) is 0 Å². The van der Waals surface area contributed by atoms with Gasteiger partial charge in [-0.2, -0.15) is 0 Å². The summed E-state index contributed by atoms with van der Waals surface area (Å²) in [5, 5.41) is 22.4. The number of carbonyl (C=O) groups excluding carboxylic acids is 1. The third-order valence-corrected chi connectivity index (χ3v) is 4.71. The van der Waals surface area contributed by atoms with E-state index in [2.05, 4.69) is 17.3 Å². The zero-order chi connectivity index (χ0) is 16.8. The van der Waals surface area contributed by atoms with Gasteiger partial charge in [0.25, 0.3) is 0 Å². The lowest BCUT2D eigenvalue weighted by molar-refractivity contribution is -0.122. The van der Waals surface area contributed by atoms with Crippen molar-refractivity contribution in [1.82, 2.24) is 10.2 Å². The van der Waals surface area contributed by atoms with Gasteiger partial charge in [0, 0.05) is 6.42 Å². The van der Waals surface area contributed by atoms with E-state index in [1.54, 1.807) is 19.1 Å². The quantitative estimate of drug-likeness (QED) is 0.750. The fraction of sp³-hybridized carbons (Fsp3) is 0.611. The average Bonchev–Trinajstić information content (AvgIpc) is 2.54. The Labute approximate surface area is 138 Å². The second-order valence-electron chi connectivity index (χ2n) is 6.68. The number of carbonyl (C=O) groups is 1. The maximum Gasteiger partial charge on any atom is 0.220 e. The van der Waals surface area contributed by atoms with Crippen molar-refractivity contribution in [1.29, 1.82) is 0 Å². The van der Waals surface area contributed by atoms with Crippen molar-refractivity contribution in [2.24, 2.45) is 5.92 Å². The smallest absolute Gasteiger partial charge is 0.220 e. The molecule has 0 aromatic heterocycles. The number of aliphatic hydroxyl groups excluding tert-OH is 1. The molecule has 1 aromatic rings. The predicted molar refractivity (Wildman–Crippen MR) is 90.1 cm³/mol. The van der Waals surface area contributed by atoms with Gasteiger partial charge in [0.2, 0.25) is 5.91 Å². The Morgan fingerprint density at radius 3 is 2.52 bits per heavy atom. The molecule has 0 aliphatic carbocycles. The minimum Gasteiger partial charge on any atom is -0.508 e. The number of rotatable bonds is 6. The molecule has 0 bridgehead atoms. The van der Waals surface area contributed by atoms with Crippen LogP contribution in [0.1, 0.15) is 44.3 Å². The molecule has 1 aliphatic rings. The van der Waals surface area contributed by atoms with Crippen molar-refractivity contribution in [2.45, 2.75) is 44.8 Å². The van der Waals surface area contributed by atoms with Crippen molar-refractivity contribution in [2.75, 3.05) is 20.1 Å². The normalized spacial score (nSPS) is 19.3. The van der Waals surface area contributed by atoms with Crippen molar-refractivity contribution >= 4 is 5.91 Å². The number of hydrogen-bond donors (Lipinski definition) is 3. The molecule has 2 atom stereocenters. The first-order chi connectivity index (χ1) is 11.0. The molecule has 128 valence electrons. The van der Waals surface area contributed by atoms with E-state index in [0.717, 1.165) is 32.4 Å². The standard InChI is InChI=1S/C18H28N2O3/c1-13(18(23)15-4-6-16(21)7-5-15)19-17(22)8-3-14-9-11-20(2)12-10-14/h4-7,13-14,18,21,23H,3,8-12H2,1-2H3,(H,19,22). The van der Waals surface area contributed by atoms with E-state index >= 15 is 0 Å². The van der Waals surface area contributed by atoms with E-state index in [-0.39, 0.29) is 17.7 Å². The van der Waals surface area contributed by atoms with Gasteiger partial charge in [-0.25, -0.2) is 0 Å². The van der Waals surface area contributed by atoms with Gasteiger partial charge in [0.15, 0.2) is 0 Å². The Morgan fingerprint density at radius 2 is 1.91 bits per heavy atom. The maximum absolute atomic E-state index is 12.1. The minimum absolute atomic E-state index is 0.00532. The van der Waals surface area contributed by atoms with Crippen LogP contribution in [0, 0.1) is 5.92 Å². The summed E-state index contributed by atoms with van der Waals surface area (Å²) in [7, 11) is 2.13. The lowest BCUT2D eigenvalue weighted by atomic mass is 9.92. The van der Waals surface area contributed by atoms with Gasteiger partial charge in [-0.1, -0.05) is 12.1 Å². The number of phenols is 1. The van der Waals surface area contributed by atoms with Crippen molar-refractivity contribution in [3.63, 3.8) is 0 Å². The first-order valence-corrected chi connectivity index (χ1v) is 8.40. The van der Waals surface area contributed by atoms with Crippen LogP contribution < -0.4 is 5.32 Å². The molecule has 1 heterocycles. The summed E-state index contributed by atoms with van der Waals surface area (Å²) in [6, 6.07) is 6.05. The summed E-state index contributed by atoms with van der Waals surface area (Å²) in [4.78, 5) is 14.4. The first-order valence-electron chi connectivity index (χ1n) is 8.40. The molecule has 3 N–H and O–H groups in total. The van der Waals surface area contributed by atoms with Crippen LogP contribution in [0.5, 0.6) is 5.75 Å². The van der Waals surface area contributed by atoms with E-state index in [1.807, 2.05) is 0 Å². The monoisotopic (exact) mass is 320 g/mol. The molecule has 0 saturated carbocycles. The molecule has 0 spiro atoms. The molecular formula is C18H28N2O3. The number of aliphatic hydroxyl groups is 1. The SMILES string of the molecule is CC(NC(=O)CCC1CCN(C)CC1)C(O)c1ccc(O)cc1. The molecule has 1 amide bonds. The number of likely N-dealkylation sites (tertiary alicyclic amines) is 1. The fourth-order valence-corrected chi connectivity index (χ4v) is 3.05. The van der Waals surface area contributed by atoms with Crippen molar-refractivity contribution in [3.05, 3.63) is 29.8 Å². The molecule has 2 rings (SSSR count). The largest absolute Gasteiger partial charge is 0.508 e. The summed E-state index contributed by atoms with van der Waals surface area (Å²) in [6.45, 7) is 4.02. The zero-order valence-electron chi connectivity index (χ0n) is 14.0. The van der Waals surface area contributed by atoms with Crippen LogP contribution in [0.4, 0.5) is 0 Å². The van der Waals surface area contributed by atoms with Gasteiger partial charge in [0.05, 0.1) is 12.1 Å².